The molecule has 0 aromatic heterocycles. The van der Waals surface area contributed by atoms with Crippen molar-refractivity contribution in [1.29, 1.82) is 0 Å². The van der Waals surface area contributed by atoms with E-state index in [9.17, 15) is 14.4 Å². The van der Waals surface area contributed by atoms with Crippen LogP contribution in [0.3, 0.4) is 0 Å². The molecule has 6 heteroatoms. The van der Waals surface area contributed by atoms with Gasteiger partial charge in [-0.15, -0.1) is 0 Å². The summed E-state index contributed by atoms with van der Waals surface area (Å²) in [7, 11) is 0. The molecule has 474 valence electrons. The van der Waals surface area contributed by atoms with Crippen molar-refractivity contribution in [2.75, 3.05) is 13.2 Å². The number of esters is 3. The summed E-state index contributed by atoms with van der Waals surface area (Å²) in [5, 5.41) is 0. The minimum Gasteiger partial charge on any atom is -0.462 e. The second kappa shape index (κ2) is 70.3. The lowest BCUT2D eigenvalue weighted by Gasteiger charge is -2.18. The third-order valence-corrected chi connectivity index (χ3v) is 15.0. The Bertz CT molecular complexity index is 1700. The molecule has 1 unspecified atom stereocenters. The zero-order chi connectivity index (χ0) is 59.9. The van der Waals surface area contributed by atoms with Crippen molar-refractivity contribution in [3.63, 3.8) is 0 Å². The standard InChI is InChI=1S/C77H130O6/c1-4-7-10-13-16-19-22-25-28-30-32-34-36-37-38-39-41-42-44-46-49-52-55-58-61-64-67-70-76(79)82-73-74(72-81-75(78)69-66-63-60-57-54-51-48-27-24-21-18-15-12-9-6-3)83-77(80)71-68-65-62-59-56-53-50-47-45-43-40-35-33-31-29-26-23-20-17-14-11-8-5-2/h7,10,16,18-19,21,25,27-28,32,34,37-38,41-42,46,48-49,55,58,74H,4-6,8-9,11-15,17,20,22-24,26,29-31,33,35-36,39-40,43-45,47,50-54,56-57,59-73H2,1-3H3/b10-7-,19-16-,21-18-,28-25-,34-32-,38-37-,42-41-,48-27-,49-46-,58-55-. The third-order valence-electron chi connectivity index (χ3n) is 15.0. The van der Waals surface area contributed by atoms with Crippen LogP contribution in [0.25, 0.3) is 0 Å². The summed E-state index contributed by atoms with van der Waals surface area (Å²) < 4.78 is 16.9. The number of carbonyl (C=O) groups is 3. The molecular formula is C77H130O6. The number of unbranched alkanes of at least 4 members (excludes halogenated alkanes) is 32. The summed E-state index contributed by atoms with van der Waals surface area (Å²) in [6.07, 6.45) is 97.9. The minimum absolute atomic E-state index is 0.0991. The van der Waals surface area contributed by atoms with Gasteiger partial charge in [0.15, 0.2) is 6.10 Å². The van der Waals surface area contributed by atoms with Crippen molar-refractivity contribution >= 4 is 17.9 Å². The second-order valence-corrected chi connectivity index (χ2v) is 23.1. The van der Waals surface area contributed by atoms with Crippen LogP contribution in [0.1, 0.15) is 329 Å². The molecule has 0 aromatic rings. The smallest absolute Gasteiger partial charge is 0.306 e. The molecule has 0 rings (SSSR count). The fourth-order valence-corrected chi connectivity index (χ4v) is 9.73. The van der Waals surface area contributed by atoms with Gasteiger partial charge in [-0.3, -0.25) is 14.4 Å². The largest absolute Gasteiger partial charge is 0.462 e. The number of allylic oxidation sites excluding steroid dienone is 20. The number of rotatable bonds is 63. The first kappa shape index (κ1) is 78.8. The van der Waals surface area contributed by atoms with E-state index in [2.05, 4.69) is 142 Å². The molecule has 0 aliphatic carbocycles. The van der Waals surface area contributed by atoms with Crippen LogP contribution in [0.15, 0.2) is 122 Å². The Morgan fingerprint density at radius 1 is 0.253 bits per heavy atom. The Morgan fingerprint density at radius 2 is 0.470 bits per heavy atom. The Labute approximate surface area is 513 Å². The van der Waals surface area contributed by atoms with E-state index in [1.807, 2.05) is 0 Å². The molecule has 6 nitrogen and oxygen atoms in total. The van der Waals surface area contributed by atoms with E-state index in [1.54, 1.807) is 0 Å². The van der Waals surface area contributed by atoms with E-state index >= 15 is 0 Å². The van der Waals surface area contributed by atoms with Crippen LogP contribution in [0.5, 0.6) is 0 Å². The van der Waals surface area contributed by atoms with Crippen molar-refractivity contribution in [1.82, 2.24) is 0 Å². The zero-order valence-corrected chi connectivity index (χ0v) is 54.4. The molecule has 0 fully saturated rings. The van der Waals surface area contributed by atoms with E-state index in [0.29, 0.717) is 25.7 Å². The first-order valence-electron chi connectivity index (χ1n) is 35.0. The van der Waals surface area contributed by atoms with Crippen LogP contribution >= 0.6 is 0 Å². The van der Waals surface area contributed by atoms with Crippen LogP contribution in [-0.2, 0) is 28.6 Å². The molecule has 0 bridgehead atoms. The second-order valence-electron chi connectivity index (χ2n) is 23.1. The van der Waals surface area contributed by atoms with Crippen molar-refractivity contribution in [3.8, 4) is 0 Å². The van der Waals surface area contributed by atoms with Gasteiger partial charge in [0.05, 0.1) is 0 Å². The van der Waals surface area contributed by atoms with E-state index < -0.39 is 6.10 Å². The van der Waals surface area contributed by atoms with Gasteiger partial charge in [0.25, 0.3) is 0 Å². The van der Waals surface area contributed by atoms with Crippen molar-refractivity contribution in [3.05, 3.63) is 122 Å². The maximum absolute atomic E-state index is 13.0. The number of ether oxygens (including phenoxy) is 3. The molecule has 0 radical (unpaired) electrons. The highest BCUT2D eigenvalue weighted by Gasteiger charge is 2.19. The predicted octanol–water partition coefficient (Wildman–Crippen LogP) is 24.3. The van der Waals surface area contributed by atoms with Gasteiger partial charge in [-0.25, -0.2) is 0 Å². The molecule has 1 atom stereocenters. The van der Waals surface area contributed by atoms with Crippen molar-refractivity contribution in [2.24, 2.45) is 0 Å². The molecular weight excluding hydrogens is 1020 g/mol. The maximum Gasteiger partial charge on any atom is 0.306 e. The molecule has 83 heavy (non-hydrogen) atoms. The van der Waals surface area contributed by atoms with Crippen LogP contribution in [0, 0.1) is 0 Å². The van der Waals surface area contributed by atoms with Crippen LogP contribution in [0.4, 0.5) is 0 Å². The number of hydrogen-bond donors (Lipinski definition) is 0. The van der Waals surface area contributed by atoms with Gasteiger partial charge >= 0.3 is 17.9 Å². The molecule has 0 N–H and O–H groups in total. The highest BCUT2D eigenvalue weighted by Crippen LogP contribution is 2.17. The quantitative estimate of drug-likeness (QED) is 0.0261. The first-order valence-corrected chi connectivity index (χ1v) is 35.0. The molecule has 0 amide bonds. The Balaban J connectivity index is 4.43. The van der Waals surface area contributed by atoms with Gasteiger partial charge in [-0.05, 0) is 116 Å². The predicted molar refractivity (Wildman–Crippen MR) is 362 cm³/mol. The lowest BCUT2D eigenvalue weighted by Crippen LogP contribution is -2.30. The van der Waals surface area contributed by atoms with E-state index in [-0.39, 0.29) is 31.1 Å². The average Bonchev–Trinajstić information content (AvgIpc) is 3.49. The third kappa shape index (κ3) is 68.5. The van der Waals surface area contributed by atoms with Gasteiger partial charge in [-0.2, -0.15) is 0 Å². The Hall–Kier alpha value is -4.19. The summed E-state index contributed by atoms with van der Waals surface area (Å²) >= 11 is 0. The summed E-state index contributed by atoms with van der Waals surface area (Å²) in [5.74, 6) is -0.945. The molecule has 0 saturated carbocycles. The lowest BCUT2D eigenvalue weighted by molar-refractivity contribution is -0.167. The van der Waals surface area contributed by atoms with Gasteiger partial charge in [-0.1, -0.05) is 316 Å². The number of hydrogen-bond acceptors (Lipinski definition) is 6. The molecule has 0 aliphatic rings. The topological polar surface area (TPSA) is 78.9 Å². The van der Waals surface area contributed by atoms with Gasteiger partial charge in [0.1, 0.15) is 13.2 Å². The normalized spacial score (nSPS) is 12.9. The van der Waals surface area contributed by atoms with E-state index in [4.69, 9.17) is 14.2 Å². The summed E-state index contributed by atoms with van der Waals surface area (Å²) in [4.78, 5) is 38.4. The molecule has 0 spiro atoms. The zero-order valence-electron chi connectivity index (χ0n) is 54.4. The van der Waals surface area contributed by atoms with Crippen molar-refractivity contribution in [2.45, 2.75) is 335 Å². The van der Waals surface area contributed by atoms with Crippen LogP contribution in [0.2, 0.25) is 0 Å². The lowest BCUT2D eigenvalue weighted by atomic mass is 10.0. The van der Waals surface area contributed by atoms with Gasteiger partial charge < -0.3 is 14.2 Å². The van der Waals surface area contributed by atoms with E-state index in [0.717, 1.165) is 128 Å². The minimum atomic E-state index is -0.806. The number of carbonyl (C=O) groups excluding carboxylic acids is 3. The molecule has 0 aliphatic heterocycles. The highest BCUT2D eigenvalue weighted by atomic mass is 16.6. The maximum atomic E-state index is 13.0. The fraction of sp³-hybridized carbons (Fsp3) is 0.701. The fourth-order valence-electron chi connectivity index (χ4n) is 9.73. The summed E-state index contributed by atoms with van der Waals surface area (Å²) in [6, 6.07) is 0. The Morgan fingerprint density at radius 3 is 0.783 bits per heavy atom. The summed E-state index contributed by atoms with van der Waals surface area (Å²) in [5.41, 5.74) is 0. The monoisotopic (exact) mass is 1150 g/mol. The Kier molecular flexibility index (Phi) is 66.7. The highest BCUT2D eigenvalue weighted by molar-refractivity contribution is 5.71. The van der Waals surface area contributed by atoms with Gasteiger partial charge in [0, 0.05) is 19.3 Å². The average molecular weight is 1150 g/mol. The molecule has 0 saturated heterocycles. The van der Waals surface area contributed by atoms with Crippen LogP contribution in [-0.4, -0.2) is 37.2 Å². The SMILES string of the molecule is CC/C=C\C/C=C\C/C=C\C/C=C\C/C=C\C/C=C\C/C=C\C/C=C\CCCCC(=O)OCC(COC(=O)CCCCCCC/C=C\C/C=C\CCCCC)OC(=O)CCCCCCCCCCCCCCCCCCCCCCCCC. The summed E-state index contributed by atoms with van der Waals surface area (Å²) in [6.45, 7) is 6.49. The van der Waals surface area contributed by atoms with Crippen molar-refractivity contribution < 1.29 is 28.6 Å². The molecule has 0 aromatic carbocycles. The molecule has 0 heterocycles. The first-order chi connectivity index (χ1) is 41.0. The van der Waals surface area contributed by atoms with Gasteiger partial charge in [0.2, 0.25) is 0 Å². The van der Waals surface area contributed by atoms with Crippen LogP contribution < -0.4 is 0 Å². The van der Waals surface area contributed by atoms with E-state index in [1.165, 1.54) is 154 Å².